The lowest BCUT2D eigenvalue weighted by atomic mass is 9.71. The Morgan fingerprint density at radius 3 is 2.32 bits per heavy atom. The van der Waals surface area contributed by atoms with Gasteiger partial charge < -0.3 is 9.84 Å². The van der Waals surface area contributed by atoms with Gasteiger partial charge in [-0.25, -0.2) is 0 Å². The smallest absolute Gasteiger partial charge is 0.189 e. The van der Waals surface area contributed by atoms with Crippen LogP contribution in [-0.4, -0.2) is 18.0 Å². The summed E-state index contributed by atoms with van der Waals surface area (Å²) in [4.78, 5) is 12.6. The molecule has 0 amide bonds. The van der Waals surface area contributed by atoms with Gasteiger partial charge in [0.15, 0.2) is 5.78 Å². The highest BCUT2D eigenvalue weighted by molar-refractivity contribution is 6.12. The fourth-order valence-electron chi connectivity index (χ4n) is 3.13. The van der Waals surface area contributed by atoms with Crippen molar-refractivity contribution in [2.45, 2.75) is 19.4 Å². The predicted octanol–water partition coefficient (Wildman–Crippen LogP) is 3.46. The molecular weight excluding hydrogens is 276 g/mol. The largest absolute Gasteiger partial charge is 0.496 e. The van der Waals surface area contributed by atoms with Gasteiger partial charge >= 0.3 is 0 Å². The monoisotopic (exact) mass is 294 g/mol. The van der Waals surface area contributed by atoms with E-state index >= 15 is 0 Å². The van der Waals surface area contributed by atoms with E-state index in [2.05, 4.69) is 0 Å². The summed E-state index contributed by atoms with van der Waals surface area (Å²) in [7, 11) is 1.55. The molecule has 0 saturated carbocycles. The number of ether oxygens (including phenoxy) is 1. The van der Waals surface area contributed by atoms with Gasteiger partial charge in [0, 0.05) is 11.1 Å². The van der Waals surface area contributed by atoms with E-state index in [0.717, 1.165) is 5.56 Å². The minimum atomic E-state index is -1.36. The van der Waals surface area contributed by atoms with Gasteiger partial charge in [0.1, 0.15) is 11.4 Å². The molecule has 0 spiro atoms. The van der Waals surface area contributed by atoms with Gasteiger partial charge in [-0.2, -0.15) is 0 Å². The maximum Gasteiger partial charge on any atom is 0.189 e. The lowest BCUT2D eigenvalue weighted by Gasteiger charge is -2.37. The molecule has 1 N–H and O–H groups in total. The lowest BCUT2D eigenvalue weighted by molar-refractivity contribution is 0.0923. The van der Waals surface area contributed by atoms with Crippen molar-refractivity contribution in [3.63, 3.8) is 0 Å². The zero-order chi connectivity index (χ0) is 15.9. The molecule has 0 bridgehead atoms. The third-order valence-electron chi connectivity index (χ3n) is 4.49. The molecular formula is C19H18O3. The van der Waals surface area contributed by atoms with Gasteiger partial charge in [-0.15, -0.1) is 0 Å². The molecule has 1 aliphatic rings. The minimum Gasteiger partial charge on any atom is -0.496 e. The Morgan fingerprint density at radius 2 is 1.68 bits per heavy atom. The molecule has 0 radical (unpaired) electrons. The van der Waals surface area contributed by atoms with Crippen molar-refractivity contribution >= 4 is 5.78 Å². The van der Waals surface area contributed by atoms with Crippen LogP contribution in [0.1, 0.15) is 35.3 Å². The van der Waals surface area contributed by atoms with Crippen molar-refractivity contribution in [1.82, 2.24) is 0 Å². The molecule has 22 heavy (non-hydrogen) atoms. The quantitative estimate of drug-likeness (QED) is 0.922. The summed E-state index contributed by atoms with van der Waals surface area (Å²) in [5.41, 5.74) is 1.60. The Balaban J connectivity index is 2.42. The van der Waals surface area contributed by atoms with Gasteiger partial charge in [-0.3, -0.25) is 4.79 Å². The van der Waals surface area contributed by atoms with Crippen LogP contribution in [-0.2, 0) is 5.60 Å². The van der Waals surface area contributed by atoms with Crippen LogP contribution in [0.3, 0.4) is 0 Å². The van der Waals surface area contributed by atoms with Crippen LogP contribution in [0.5, 0.6) is 5.75 Å². The van der Waals surface area contributed by atoms with E-state index in [1.807, 2.05) is 30.3 Å². The van der Waals surface area contributed by atoms with E-state index in [1.165, 1.54) is 0 Å². The normalized spacial score (nSPS) is 20.8. The summed E-state index contributed by atoms with van der Waals surface area (Å²) in [6.45, 7) is 3.56. The molecule has 1 aliphatic carbocycles. The molecule has 1 unspecified atom stereocenters. The fraction of sp³-hybridized carbons (Fsp3) is 0.211. The fourth-order valence-corrected chi connectivity index (χ4v) is 3.13. The Labute approximate surface area is 129 Å². The third-order valence-corrected chi connectivity index (χ3v) is 4.49. The van der Waals surface area contributed by atoms with Crippen molar-refractivity contribution in [2.24, 2.45) is 0 Å². The van der Waals surface area contributed by atoms with Crippen LogP contribution >= 0.6 is 0 Å². The van der Waals surface area contributed by atoms with E-state index in [-0.39, 0.29) is 5.78 Å². The minimum absolute atomic E-state index is 0.0630. The summed E-state index contributed by atoms with van der Waals surface area (Å²) in [5.74, 6) is 0.455. The molecule has 3 rings (SSSR count). The highest BCUT2D eigenvalue weighted by Gasteiger charge is 2.44. The number of carbonyl (C=O) groups excluding carboxylic acids is 1. The number of Topliss-reactive ketones (excluding diaryl/α,β-unsaturated/α-hetero) is 1. The second-order valence-electron chi connectivity index (χ2n) is 5.54. The van der Waals surface area contributed by atoms with Crippen LogP contribution in [0, 0.1) is 0 Å². The topological polar surface area (TPSA) is 46.5 Å². The standard InChI is InChI=1S/C19H18O3/c1-12-13(2)19(21,14-8-5-4-6-9-14)17-15(18(12)20)10-7-11-16(17)22-3/h4-11,21H,1-3H3. The molecule has 1 atom stereocenters. The Morgan fingerprint density at radius 1 is 1.00 bits per heavy atom. The van der Waals surface area contributed by atoms with Crippen molar-refractivity contribution < 1.29 is 14.6 Å². The predicted molar refractivity (Wildman–Crippen MR) is 85.1 cm³/mol. The highest BCUT2D eigenvalue weighted by atomic mass is 16.5. The van der Waals surface area contributed by atoms with E-state index in [4.69, 9.17) is 4.74 Å². The molecule has 0 heterocycles. The van der Waals surface area contributed by atoms with Crippen LogP contribution in [0.15, 0.2) is 59.7 Å². The van der Waals surface area contributed by atoms with E-state index in [9.17, 15) is 9.90 Å². The number of hydrogen-bond acceptors (Lipinski definition) is 3. The van der Waals surface area contributed by atoms with Gasteiger partial charge in [0.05, 0.1) is 7.11 Å². The Hall–Kier alpha value is -2.39. The van der Waals surface area contributed by atoms with E-state index < -0.39 is 5.60 Å². The molecule has 2 aromatic rings. The van der Waals surface area contributed by atoms with Crippen LogP contribution in [0.25, 0.3) is 0 Å². The SMILES string of the molecule is COc1cccc2c1C(O)(c1ccccc1)C(C)=C(C)C2=O. The first-order valence-corrected chi connectivity index (χ1v) is 7.19. The molecule has 0 aromatic heterocycles. The third kappa shape index (κ3) is 1.82. The summed E-state index contributed by atoms with van der Waals surface area (Å²) in [5, 5.41) is 11.6. The summed E-state index contributed by atoms with van der Waals surface area (Å²) in [6, 6.07) is 14.7. The number of fused-ring (bicyclic) bond motifs is 1. The van der Waals surface area contributed by atoms with Gasteiger partial charge in [-0.1, -0.05) is 42.5 Å². The number of rotatable bonds is 2. The van der Waals surface area contributed by atoms with E-state index in [1.54, 1.807) is 39.2 Å². The van der Waals surface area contributed by atoms with Crippen molar-refractivity contribution in [3.8, 4) is 5.75 Å². The van der Waals surface area contributed by atoms with E-state index in [0.29, 0.717) is 28.0 Å². The second-order valence-corrected chi connectivity index (χ2v) is 5.54. The Kier molecular flexibility index (Phi) is 3.38. The zero-order valence-corrected chi connectivity index (χ0v) is 12.9. The van der Waals surface area contributed by atoms with Gasteiger partial charge in [-0.05, 0) is 36.6 Å². The molecule has 0 saturated heterocycles. The lowest BCUT2D eigenvalue weighted by Crippen LogP contribution is -2.36. The number of methoxy groups -OCH3 is 1. The number of allylic oxidation sites excluding steroid dienone is 1. The number of ketones is 1. The van der Waals surface area contributed by atoms with Crippen LogP contribution in [0.4, 0.5) is 0 Å². The molecule has 0 aliphatic heterocycles. The maximum absolute atomic E-state index is 12.6. The molecule has 0 fully saturated rings. The average Bonchev–Trinajstić information content (AvgIpc) is 2.58. The van der Waals surface area contributed by atoms with Crippen molar-refractivity contribution in [1.29, 1.82) is 0 Å². The number of carbonyl (C=O) groups is 1. The van der Waals surface area contributed by atoms with Crippen LogP contribution < -0.4 is 4.74 Å². The highest BCUT2D eigenvalue weighted by Crippen LogP contribution is 2.47. The van der Waals surface area contributed by atoms with Gasteiger partial charge in [0.2, 0.25) is 0 Å². The zero-order valence-electron chi connectivity index (χ0n) is 12.9. The van der Waals surface area contributed by atoms with Crippen LogP contribution in [0.2, 0.25) is 0 Å². The summed E-state index contributed by atoms with van der Waals surface area (Å²) < 4.78 is 5.43. The summed E-state index contributed by atoms with van der Waals surface area (Å²) in [6.07, 6.45) is 0. The first-order valence-electron chi connectivity index (χ1n) is 7.19. The van der Waals surface area contributed by atoms with Crippen molar-refractivity contribution in [3.05, 3.63) is 76.4 Å². The molecule has 3 nitrogen and oxygen atoms in total. The summed E-state index contributed by atoms with van der Waals surface area (Å²) >= 11 is 0. The first-order chi connectivity index (χ1) is 10.5. The molecule has 2 aromatic carbocycles. The van der Waals surface area contributed by atoms with Gasteiger partial charge in [0.25, 0.3) is 0 Å². The first kappa shape index (κ1) is 14.5. The maximum atomic E-state index is 12.6. The van der Waals surface area contributed by atoms with Crippen molar-refractivity contribution in [2.75, 3.05) is 7.11 Å². The average molecular weight is 294 g/mol. The molecule has 3 heteroatoms. The molecule has 112 valence electrons. The second kappa shape index (κ2) is 5.11. The number of hydrogen-bond donors (Lipinski definition) is 1. The Bertz CT molecular complexity index is 775. The number of benzene rings is 2. The number of aliphatic hydroxyl groups is 1.